The number of carbonyl (C=O) groups excluding carboxylic acids is 2. The van der Waals surface area contributed by atoms with E-state index in [0.29, 0.717) is 43.5 Å². The minimum Gasteiger partial charge on any atom is -0.459 e. The van der Waals surface area contributed by atoms with E-state index in [0.717, 1.165) is 5.69 Å². The van der Waals surface area contributed by atoms with Crippen LogP contribution in [-0.2, 0) is 9.53 Å². The van der Waals surface area contributed by atoms with Crippen LogP contribution in [0.5, 0.6) is 0 Å². The Morgan fingerprint density at radius 2 is 1.97 bits per heavy atom. The lowest BCUT2D eigenvalue weighted by molar-refractivity contribution is -0.134. The number of anilines is 1. The van der Waals surface area contributed by atoms with Crippen LogP contribution < -0.4 is 4.90 Å². The molecule has 0 radical (unpaired) electrons. The van der Waals surface area contributed by atoms with Crippen molar-refractivity contribution < 1.29 is 23.2 Å². The highest BCUT2D eigenvalue weighted by molar-refractivity contribution is 5.90. The molecule has 11 heteroatoms. The average Bonchev–Trinajstić information content (AvgIpc) is 3.61. The lowest BCUT2D eigenvalue weighted by Crippen LogP contribution is -2.50. The molecular weight excluding hydrogens is 440 g/mol. The summed E-state index contributed by atoms with van der Waals surface area (Å²) in [4.78, 5) is 36.9. The van der Waals surface area contributed by atoms with Crippen molar-refractivity contribution in [1.29, 1.82) is 5.26 Å². The first-order chi connectivity index (χ1) is 16.5. The van der Waals surface area contributed by atoms with E-state index in [1.54, 1.807) is 33.7 Å². The van der Waals surface area contributed by atoms with Crippen molar-refractivity contribution in [2.24, 2.45) is 0 Å². The van der Waals surface area contributed by atoms with Crippen LogP contribution in [0, 0.1) is 18.3 Å². The Balaban J connectivity index is 1.17. The number of imidazole rings is 1. The summed E-state index contributed by atoms with van der Waals surface area (Å²) in [6.45, 7) is 3.17. The van der Waals surface area contributed by atoms with Gasteiger partial charge >= 0.3 is 5.97 Å². The van der Waals surface area contributed by atoms with Crippen molar-refractivity contribution in [2.75, 3.05) is 37.7 Å². The van der Waals surface area contributed by atoms with Crippen molar-refractivity contribution in [1.82, 2.24) is 19.3 Å². The minimum absolute atomic E-state index is 0.147. The van der Waals surface area contributed by atoms with Gasteiger partial charge in [0.05, 0.1) is 6.26 Å². The molecule has 1 aliphatic heterocycles. The highest BCUT2D eigenvalue weighted by atomic mass is 16.5. The van der Waals surface area contributed by atoms with Crippen molar-refractivity contribution in [3.8, 4) is 17.7 Å². The average molecular weight is 460 g/mol. The molecule has 1 amide bonds. The summed E-state index contributed by atoms with van der Waals surface area (Å²) in [5.41, 5.74) is 1.87. The monoisotopic (exact) mass is 460 g/mol. The van der Waals surface area contributed by atoms with Crippen LogP contribution in [0.1, 0.15) is 21.9 Å². The predicted octanol–water partition coefficient (Wildman–Crippen LogP) is 2.27. The number of carbonyl (C=O) groups is 2. The number of aromatic nitrogens is 3. The molecule has 4 aromatic heterocycles. The zero-order valence-corrected chi connectivity index (χ0v) is 18.3. The molecular formula is C23H20N6O5. The third-order valence-corrected chi connectivity index (χ3v) is 5.60. The van der Waals surface area contributed by atoms with Gasteiger partial charge in [-0.25, -0.2) is 9.78 Å². The number of amides is 1. The Kier molecular flexibility index (Phi) is 5.47. The van der Waals surface area contributed by atoms with Crippen LogP contribution in [0.3, 0.4) is 0 Å². The van der Waals surface area contributed by atoms with Crippen molar-refractivity contribution in [2.45, 2.75) is 6.92 Å². The molecule has 0 N–H and O–H groups in total. The van der Waals surface area contributed by atoms with E-state index in [4.69, 9.17) is 13.6 Å². The molecule has 4 aromatic rings. The molecule has 5 rings (SSSR count). The van der Waals surface area contributed by atoms with E-state index in [1.165, 1.54) is 6.26 Å². The smallest absolute Gasteiger partial charge is 0.359 e. The number of rotatable bonds is 5. The number of aryl methyl sites for hydroxylation is 1. The summed E-state index contributed by atoms with van der Waals surface area (Å²) in [6, 6.07) is 11.0. The Labute approximate surface area is 193 Å². The van der Waals surface area contributed by atoms with Crippen molar-refractivity contribution >= 4 is 23.4 Å². The van der Waals surface area contributed by atoms with Gasteiger partial charge in [0, 0.05) is 38.1 Å². The zero-order valence-electron chi connectivity index (χ0n) is 18.3. The maximum absolute atomic E-state index is 12.6. The standard InChI is InChI=1S/C23H20N6O5/c1-15-4-2-6-19-25-17(13-29(15)19)23(31)33-14-20(30)27-7-9-28(10-8-27)22-16(12-24)26-21(34-22)18-5-3-11-32-18/h2-6,11,13H,7-10,14H2,1H3. The van der Waals surface area contributed by atoms with Crippen molar-refractivity contribution in [3.63, 3.8) is 0 Å². The zero-order chi connectivity index (χ0) is 23.7. The second-order valence-electron chi connectivity index (χ2n) is 7.73. The number of furan rings is 1. The third kappa shape index (κ3) is 3.97. The molecule has 11 nitrogen and oxygen atoms in total. The second-order valence-corrected chi connectivity index (χ2v) is 7.73. The van der Waals surface area contributed by atoms with E-state index >= 15 is 0 Å². The number of ether oxygens (including phenoxy) is 1. The van der Waals surface area contributed by atoms with Crippen LogP contribution in [0.25, 0.3) is 17.3 Å². The fourth-order valence-corrected chi connectivity index (χ4v) is 3.80. The van der Waals surface area contributed by atoms with Gasteiger partial charge in [0.2, 0.25) is 11.6 Å². The Bertz CT molecular complexity index is 1390. The molecule has 0 aromatic carbocycles. The van der Waals surface area contributed by atoms with Gasteiger partial charge in [-0.2, -0.15) is 10.2 Å². The number of nitrogens with zero attached hydrogens (tertiary/aromatic N) is 6. The van der Waals surface area contributed by atoms with Gasteiger partial charge in [-0.15, -0.1) is 0 Å². The molecule has 0 atom stereocenters. The number of piperazine rings is 1. The van der Waals surface area contributed by atoms with Crippen LogP contribution in [0.2, 0.25) is 0 Å². The Morgan fingerprint density at radius 1 is 1.15 bits per heavy atom. The fraction of sp³-hybridized carbons (Fsp3) is 0.261. The number of fused-ring (bicyclic) bond motifs is 1. The topological polar surface area (TPSA) is 130 Å². The molecule has 34 heavy (non-hydrogen) atoms. The molecule has 0 saturated carbocycles. The highest BCUT2D eigenvalue weighted by Crippen LogP contribution is 2.29. The van der Waals surface area contributed by atoms with Crippen LogP contribution in [0.4, 0.5) is 5.88 Å². The second kappa shape index (κ2) is 8.74. The molecule has 0 unspecified atom stereocenters. The van der Waals surface area contributed by atoms with Gasteiger partial charge in [-0.05, 0) is 31.2 Å². The lowest BCUT2D eigenvalue weighted by Gasteiger charge is -2.34. The lowest BCUT2D eigenvalue weighted by atomic mass is 10.3. The van der Waals surface area contributed by atoms with Crippen LogP contribution in [0.15, 0.2) is 51.6 Å². The highest BCUT2D eigenvalue weighted by Gasteiger charge is 2.27. The van der Waals surface area contributed by atoms with Gasteiger partial charge in [-0.3, -0.25) is 4.79 Å². The van der Waals surface area contributed by atoms with E-state index < -0.39 is 5.97 Å². The van der Waals surface area contributed by atoms with Gasteiger partial charge < -0.3 is 27.8 Å². The van der Waals surface area contributed by atoms with Gasteiger partial charge in [0.1, 0.15) is 11.7 Å². The molecule has 5 heterocycles. The number of esters is 1. The summed E-state index contributed by atoms with van der Waals surface area (Å²) in [6.07, 6.45) is 3.09. The normalized spacial score (nSPS) is 13.8. The molecule has 0 aliphatic carbocycles. The summed E-state index contributed by atoms with van der Waals surface area (Å²) in [5.74, 6) is 0.0426. The van der Waals surface area contributed by atoms with Gasteiger partial charge in [0.25, 0.3) is 11.8 Å². The first kappa shape index (κ1) is 21.3. The number of hydrogen-bond donors (Lipinski definition) is 0. The first-order valence-corrected chi connectivity index (χ1v) is 10.6. The molecule has 1 saturated heterocycles. The summed E-state index contributed by atoms with van der Waals surface area (Å²) >= 11 is 0. The predicted molar refractivity (Wildman–Crippen MR) is 118 cm³/mol. The number of pyridine rings is 1. The third-order valence-electron chi connectivity index (χ3n) is 5.60. The van der Waals surface area contributed by atoms with E-state index in [-0.39, 0.29) is 29.8 Å². The van der Waals surface area contributed by atoms with Gasteiger partial charge in [-0.1, -0.05) is 6.07 Å². The van der Waals surface area contributed by atoms with Gasteiger partial charge in [0.15, 0.2) is 18.1 Å². The molecule has 1 fully saturated rings. The number of nitriles is 1. The maximum Gasteiger partial charge on any atom is 0.359 e. The molecule has 1 aliphatic rings. The number of hydrogen-bond acceptors (Lipinski definition) is 9. The van der Waals surface area contributed by atoms with E-state index in [1.807, 2.05) is 30.0 Å². The largest absolute Gasteiger partial charge is 0.459 e. The summed E-state index contributed by atoms with van der Waals surface area (Å²) < 4.78 is 18.0. The fourth-order valence-electron chi connectivity index (χ4n) is 3.80. The molecule has 0 bridgehead atoms. The quantitative estimate of drug-likeness (QED) is 0.412. The SMILES string of the molecule is Cc1cccc2nc(C(=O)OCC(=O)N3CCN(c4oc(-c5ccco5)nc4C#N)CC3)cn12. The van der Waals surface area contributed by atoms with Crippen LogP contribution in [-0.4, -0.2) is 63.9 Å². The van der Waals surface area contributed by atoms with Crippen molar-refractivity contribution in [3.05, 3.63) is 59.9 Å². The van der Waals surface area contributed by atoms with E-state index in [9.17, 15) is 14.9 Å². The molecule has 0 spiro atoms. The molecule has 172 valence electrons. The minimum atomic E-state index is -0.652. The maximum atomic E-state index is 12.6. The Morgan fingerprint density at radius 3 is 2.68 bits per heavy atom. The first-order valence-electron chi connectivity index (χ1n) is 10.6. The van der Waals surface area contributed by atoms with Crippen LogP contribution >= 0.6 is 0 Å². The Hall–Kier alpha value is -4.59. The summed E-state index contributed by atoms with van der Waals surface area (Å²) in [5, 5.41) is 9.43. The number of oxazole rings is 1. The van der Waals surface area contributed by atoms with E-state index in [2.05, 4.69) is 9.97 Å². The summed E-state index contributed by atoms with van der Waals surface area (Å²) in [7, 11) is 0.